The Balaban J connectivity index is 3.34. The number of carbonyl (C=O) groups is 1. The molecule has 7 N–H and O–H groups in total. The molecule has 0 aliphatic rings. The molecule has 1 aromatic carbocycles. The third-order valence-corrected chi connectivity index (χ3v) is 1.97. The van der Waals surface area contributed by atoms with Crippen molar-refractivity contribution in [3.63, 3.8) is 0 Å². The van der Waals surface area contributed by atoms with E-state index in [-0.39, 0.29) is 24.4 Å². The molecule has 0 saturated heterocycles. The van der Waals surface area contributed by atoms with E-state index >= 15 is 0 Å². The van der Waals surface area contributed by atoms with Gasteiger partial charge in [-0.05, 0) is 17.7 Å². The first-order valence-corrected chi connectivity index (χ1v) is 4.14. The molecule has 0 aliphatic carbocycles. The van der Waals surface area contributed by atoms with E-state index in [9.17, 15) is 9.90 Å². The van der Waals surface area contributed by atoms with Crippen molar-refractivity contribution in [1.29, 1.82) is 0 Å². The Morgan fingerprint density at radius 2 is 1.93 bits per heavy atom. The number of hydrogen-bond acceptors (Lipinski definition) is 4. The number of amides is 1. The van der Waals surface area contributed by atoms with Gasteiger partial charge in [-0.25, -0.2) is 0 Å². The van der Waals surface area contributed by atoms with Gasteiger partial charge in [-0.1, -0.05) is 0 Å². The summed E-state index contributed by atoms with van der Waals surface area (Å²) >= 11 is 0. The van der Waals surface area contributed by atoms with Gasteiger partial charge in [0.15, 0.2) is 0 Å². The van der Waals surface area contributed by atoms with Crippen LogP contribution in [0.15, 0.2) is 12.1 Å². The molecule has 76 valence electrons. The second-order valence-electron chi connectivity index (χ2n) is 2.92. The minimum Gasteiger partial charge on any atom is -0.507 e. The van der Waals surface area contributed by atoms with E-state index in [2.05, 4.69) is 0 Å². The average Bonchev–Trinajstić information content (AvgIpc) is 2.17. The van der Waals surface area contributed by atoms with Gasteiger partial charge in [0, 0.05) is 18.7 Å². The molecular weight excluding hydrogens is 182 g/mol. The highest BCUT2D eigenvalue weighted by atomic mass is 16.3. The molecule has 0 heterocycles. The van der Waals surface area contributed by atoms with Crippen LogP contribution in [0.2, 0.25) is 0 Å². The van der Waals surface area contributed by atoms with Crippen LogP contribution in [0.3, 0.4) is 0 Å². The predicted octanol–water partition coefficient (Wildman–Crippen LogP) is -0.591. The number of aromatic hydroxyl groups is 1. The van der Waals surface area contributed by atoms with Crippen molar-refractivity contribution in [3.8, 4) is 5.75 Å². The van der Waals surface area contributed by atoms with Crippen LogP contribution in [0.5, 0.6) is 5.75 Å². The molecule has 1 amide bonds. The number of benzene rings is 1. The lowest BCUT2D eigenvalue weighted by atomic mass is 10.0. The Morgan fingerprint density at radius 3 is 2.36 bits per heavy atom. The summed E-state index contributed by atoms with van der Waals surface area (Å²) in [5.41, 5.74) is 17.1. The second kappa shape index (κ2) is 4.08. The third-order valence-electron chi connectivity index (χ3n) is 1.97. The maximum absolute atomic E-state index is 10.9. The molecule has 0 saturated carbocycles. The van der Waals surface area contributed by atoms with Gasteiger partial charge in [-0.3, -0.25) is 4.79 Å². The van der Waals surface area contributed by atoms with Crippen molar-refractivity contribution < 1.29 is 9.90 Å². The fourth-order valence-corrected chi connectivity index (χ4v) is 1.22. The molecule has 1 aromatic rings. The fraction of sp³-hybridized carbons (Fsp3) is 0.222. The van der Waals surface area contributed by atoms with Crippen LogP contribution < -0.4 is 17.2 Å². The molecule has 0 aromatic heterocycles. The molecule has 0 atom stereocenters. The first kappa shape index (κ1) is 10.5. The van der Waals surface area contributed by atoms with Gasteiger partial charge in [-0.2, -0.15) is 0 Å². The van der Waals surface area contributed by atoms with Crippen molar-refractivity contribution in [3.05, 3.63) is 28.8 Å². The van der Waals surface area contributed by atoms with E-state index in [1.807, 2.05) is 0 Å². The summed E-state index contributed by atoms with van der Waals surface area (Å²) in [6.07, 6.45) is 0. The molecule has 0 aliphatic heterocycles. The zero-order valence-corrected chi connectivity index (χ0v) is 7.66. The summed E-state index contributed by atoms with van der Waals surface area (Å²) in [6.45, 7) is 0.410. The molecule has 0 fully saturated rings. The van der Waals surface area contributed by atoms with Crippen molar-refractivity contribution in [2.45, 2.75) is 13.1 Å². The van der Waals surface area contributed by atoms with Crippen molar-refractivity contribution in [1.82, 2.24) is 0 Å². The van der Waals surface area contributed by atoms with Gasteiger partial charge in [-0.15, -0.1) is 0 Å². The quantitative estimate of drug-likeness (QED) is 0.515. The first-order chi connectivity index (χ1) is 6.60. The lowest BCUT2D eigenvalue weighted by molar-refractivity contribution is 0.0997. The Bertz CT molecular complexity index is 363. The molecule has 5 heteroatoms. The Labute approximate surface area is 81.5 Å². The number of primary amides is 1. The van der Waals surface area contributed by atoms with Gasteiger partial charge in [0.2, 0.25) is 0 Å². The largest absolute Gasteiger partial charge is 0.507 e. The summed E-state index contributed by atoms with van der Waals surface area (Å²) < 4.78 is 0. The molecular formula is C9H13N3O2. The van der Waals surface area contributed by atoms with Gasteiger partial charge in [0.05, 0.1) is 5.56 Å². The smallest absolute Gasteiger partial charge is 0.252 e. The van der Waals surface area contributed by atoms with Crippen LogP contribution >= 0.6 is 0 Å². The zero-order valence-electron chi connectivity index (χ0n) is 7.66. The van der Waals surface area contributed by atoms with E-state index in [1.54, 1.807) is 6.07 Å². The van der Waals surface area contributed by atoms with Crippen LogP contribution in [-0.4, -0.2) is 11.0 Å². The molecule has 0 radical (unpaired) electrons. The number of rotatable bonds is 3. The maximum atomic E-state index is 10.9. The number of carbonyl (C=O) groups excluding carboxylic acids is 1. The van der Waals surface area contributed by atoms with Crippen molar-refractivity contribution in [2.75, 3.05) is 0 Å². The Kier molecular flexibility index (Phi) is 3.06. The highest BCUT2D eigenvalue weighted by Crippen LogP contribution is 2.23. The summed E-state index contributed by atoms with van der Waals surface area (Å²) in [5.74, 6) is -0.843. The minimum atomic E-state index is -0.687. The topological polar surface area (TPSA) is 115 Å². The monoisotopic (exact) mass is 195 g/mol. The number of phenols is 1. The van der Waals surface area contributed by atoms with Gasteiger partial charge in [0.25, 0.3) is 5.91 Å². The maximum Gasteiger partial charge on any atom is 0.252 e. The van der Waals surface area contributed by atoms with E-state index in [0.29, 0.717) is 5.56 Å². The second-order valence-corrected chi connectivity index (χ2v) is 2.92. The predicted molar refractivity (Wildman–Crippen MR) is 52.4 cm³/mol. The molecule has 0 spiro atoms. The van der Waals surface area contributed by atoms with Gasteiger partial charge in [0.1, 0.15) is 5.75 Å². The van der Waals surface area contributed by atoms with Gasteiger partial charge < -0.3 is 22.3 Å². The van der Waals surface area contributed by atoms with Crippen molar-refractivity contribution in [2.24, 2.45) is 17.2 Å². The summed E-state index contributed by atoms with van der Waals surface area (Å²) in [7, 11) is 0. The lowest BCUT2D eigenvalue weighted by Gasteiger charge is -2.08. The normalized spacial score (nSPS) is 10.1. The first-order valence-electron chi connectivity index (χ1n) is 4.14. The molecule has 14 heavy (non-hydrogen) atoms. The lowest BCUT2D eigenvalue weighted by Crippen LogP contribution is -2.14. The number of hydrogen-bond donors (Lipinski definition) is 4. The van der Waals surface area contributed by atoms with Crippen LogP contribution in [0.1, 0.15) is 21.5 Å². The summed E-state index contributed by atoms with van der Waals surface area (Å²) in [4.78, 5) is 10.9. The summed E-state index contributed by atoms with van der Waals surface area (Å²) in [6, 6.07) is 3.12. The van der Waals surface area contributed by atoms with E-state index < -0.39 is 5.91 Å². The average molecular weight is 195 g/mol. The SMILES string of the molecule is NCc1cc(CN)c(O)c(C(N)=O)c1. The van der Waals surface area contributed by atoms with Crippen LogP contribution in [-0.2, 0) is 13.1 Å². The Morgan fingerprint density at radius 1 is 1.29 bits per heavy atom. The van der Waals surface area contributed by atoms with E-state index in [4.69, 9.17) is 17.2 Å². The van der Waals surface area contributed by atoms with Crippen molar-refractivity contribution >= 4 is 5.91 Å². The minimum absolute atomic E-state index is 0.0633. The number of nitrogens with two attached hydrogens (primary N) is 3. The van der Waals surface area contributed by atoms with Crippen LogP contribution in [0, 0.1) is 0 Å². The van der Waals surface area contributed by atoms with Crippen LogP contribution in [0.4, 0.5) is 0 Å². The Hall–Kier alpha value is -1.59. The zero-order chi connectivity index (χ0) is 10.7. The highest BCUT2D eigenvalue weighted by Gasteiger charge is 2.12. The van der Waals surface area contributed by atoms with Gasteiger partial charge >= 0.3 is 0 Å². The summed E-state index contributed by atoms with van der Waals surface area (Å²) in [5, 5.41) is 9.56. The third kappa shape index (κ3) is 1.84. The fourth-order valence-electron chi connectivity index (χ4n) is 1.22. The molecule has 0 unspecified atom stereocenters. The molecule has 1 rings (SSSR count). The van der Waals surface area contributed by atoms with E-state index in [1.165, 1.54) is 6.07 Å². The highest BCUT2D eigenvalue weighted by molar-refractivity contribution is 5.96. The molecule has 0 bridgehead atoms. The van der Waals surface area contributed by atoms with E-state index in [0.717, 1.165) is 5.56 Å². The standard InChI is InChI=1S/C9H13N3O2/c10-3-5-1-6(4-11)8(13)7(2-5)9(12)14/h1-2,13H,3-4,10-11H2,(H2,12,14). The van der Waals surface area contributed by atoms with Crippen LogP contribution in [0.25, 0.3) is 0 Å². The molecule has 5 nitrogen and oxygen atoms in total.